The standard InChI is InChI=1S/C6H10Cl2O2S/c7-5-3-1-2-4-6(5)11(8,9)10/h5-6H,1-4H2/t5-,6+/m1/s1. The molecule has 1 aliphatic carbocycles. The number of alkyl halides is 1. The number of hydrogen-bond acceptors (Lipinski definition) is 2. The van der Waals surface area contributed by atoms with Crippen LogP contribution in [0.2, 0.25) is 0 Å². The fourth-order valence-electron chi connectivity index (χ4n) is 1.37. The van der Waals surface area contributed by atoms with Crippen molar-refractivity contribution in [2.24, 2.45) is 0 Å². The summed E-state index contributed by atoms with van der Waals surface area (Å²) < 4.78 is 21.8. The van der Waals surface area contributed by atoms with Gasteiger partial charge in [0.25, 0.3) is 0 Å². The molecule has 0 N–H and O–H groups in total. The molecule has 2 nitrogen and oxygen atoms in total. The van der Waals surface area contributed by atoms with Crippen LogP contribution in [0.25, 0.3) is 0 Å². The summed E-state index contributed by atoms with van der Waals surface area (Å²) in [5, 5.41) is -0.814. The van der Waals surface area contributed by atoms with E-state index >= 15 is 0 Å². The molecule has 0 spiro atoms. The fraction of sp³-hybridized carbons (Fsp3) is 1.00. The van der Waals surface area contributed by atoms with Crippen LogP contribution in [0.15, 0.2) is 0 Å². The third kappa shape index (κ3) is 2.49. The Balaban J connectivity index is 2.70. The minimum absolute atomic E-state index is 0.286. The Morgan fingerprint density at radius 3 is 2.09 bits per heavy atom. The number of hydrogen-bond donors (Lipinski definition) is 0. The molecule has 0 aromatic heterocycles. The summed E-state index contributed by atoms with van der Waals surface area (Å²) in [5.41, 5.74) is 0. The molecule has 5 heteroatoms. The molecular formula is C6H10Cl2O2S. The second-order valence-corrected chi connectivity index (χ2v) is 6.22. The molecule has 0 aliphatic heterocycles. The lowest BCUT2D eigenvalue weighted by atomic mass is 10.00. The minimum Gasteiger partial charge on any atom is -0.212 e. The molecule has 0 heterocycles. The summed E-state index contributed by atoms with van der Waals surface area (Å²) in [6, 6.07) is 0. The van der Waals surface area contributed by atoms with Crippen molar-refractivity contribution in [3.8, 4) is 0 Å². The van der Waals surface area contributed by atoms with Crippen LogP contribution in [0.4, 0.5) is 0 Å². The van der Waals surface area contributed by atoms with E-state index < -0.39 is 14.3 Å². The first-order chi connectivity index (χ1) is 5.02. The molecule has 0 bridgehead atoms. The van der Waals surface area contributed by atoms with Crippen LogP contribution in [0, 0.1) is 0 Å². The Hall–Kier alpha value is 0.530. The van der Waals surface area contributed by atoms with Crippen LogP contribution in [-0.4, -0.2) is 19.0 Å². The maximum atomic E-state index is 10.9. The average molecular weight is 217 g/mol. The molecular weight excluding hydrogens is 207 g/mol. The van der Waals surface area contributed by atoms with Gasteiger partial charge in [0.05, 0.1) is 10.6 Å². The van der Waals surface area contributed by atoms with Gasteiger partial charge in [-0.2, -0.15) is 0 Å². The van der Waals surface area contributed by atoms with Crippen LogP contribution >= 0.6 is 22.3 Å². The zero-order valence-corrected chi connectivity index (χ0v) is 8.29. The zero-order valence-electron chi connectivity index (χ0n) is 5.96. The van der Waals surface area contributed by atoms with Gasteiger partial charge < -0.3 is 0 Å². The van der Waals surface area contributed by atoms with E-state index in [4.69, 9.17) is 22.3 Å². The van der Waals surface area contributed by atoms with Crippen molar-refractivity contribution in [1.29, 1.82) is 0 Å². The Bertz CT molecular complexity index is 225. The van der Waals surface area contributed by atoms with E-state index in [1.807, 2.05) is 0 Å². The van der Waals surface area contributed by atoms with Crippen molar-refractivity contribution < 1.29 is 8.42 Å². The molecule has 0 radical (unpaired) electrons. The molecule has 2 atom stereocenters. The zero-order chi connectivity index (χ0) is 8.48. The van der Waals surface area contributed by atoms with E-state index in [1.165, 1.54) is 0 Å². The molecule has 1 rings (SSSR count). The third-order valence-corrected chi connectivity index (χ3v) is 4.63. The average Bonchev–Trinajstić information content (AvgIpc) is 1.86. The Labute approximate surface area is 76.3 Å². The summed E-state index contributed by atoms with van der Waals surface area (Å²) in [6.07, 6.45) is 3.30. The first kappa shape index (κ1) is 9.62. The molecule has 1 fully saturated rings. The minimum atomic E-state index is -3.43. The van der Waals surface area contributed by atoms with E-state index in [0.29, 0.717) is 6.42 Å². The lowest BCUT2D eigenvalue weighted by Gasteiger charge is -2.23. The summed E-state index contributed by atoms with van der Waals surface area (Å²) in [7, 11) is 1.76. The van der Waals surface area contributed by atoms with Crippen molar-refractivity contribution in [3.05, 3.63) is 0 Å². The van der Waals surface area contributed by atoms with E-state index in [1.54, 1.807) is 0 Å². The fourth-order valence-corrected chi connectivity index (χ4v) is 3.79. The second-order valence-electron chi connectivity index (χ2n) is 2.81. The summed E-state index contributed by atoms with van der Waals surface area (Å²) in [5.74, 6) is 0. The third-order valence-electron chi connectivity index (χ3n) is 1.98. The summed E-state index contributed by atoms with van der Waals surface area (Å²) in [6.45, 7) is 0. The molecule has 0 aromatic carbocycles. The van der Waals surface area contributed by atoms with E-state index in [-0.39, 0.29) is 5.38 Å². The molecule has 0 saturated heterocycles. The van der Waals surface area contributed by atoms with Gasteiger partial charge in [-0.3, -0.25) is 0 Å². The van der Waals surface area contributed by atoms with Gasteiger partial charge in [0.2, 0.25) is 9.05 Å². The van der Waals surface area contributed by atoms with Crippen LogP contribution in [-0.2, 0) is 9.05 Å². The van der Waals surface area contributed by atoms with Crippen molar-refractivity contribution in [2.45, 2.75) is 36.3 Å². The van der Waals surface area contributed by atoms with Gasteiger partial charge in [0, 0.05) is 10.7 Å². The Morgan fingerprint density at radius 1 is 1.18 bits per heavy atom. The van der Waals surface area contributed by atoms with E-state index in [2.05, 4.69) is 0 Å². The van der Waals surface area contributed by atoms with Gasteiger partial charge in [-0.1, -0.05) is 12.8 Å². The van der Waals surface area contributed by atoms with Crippen molar-refractivity contribution >= 4 is 31.3 Å². The topological polar surface area (TPSA) is 34.1 Å². The maximum Gasteiger partial charge on any atom is 0.236 e. The first-order valence-electron chi connectivity index (χ1n) is 3.59. The lowest BCUT2D eigenvalue weighted by molar-refractivity contribution is 0.496. The number of rotatable bonds is 1. The molecule has 0 amide bonds. The summed E-state index contributed by atoms with van der Waals surface area (Å²) >= 11 is 5.80. The van der Waals surface area contributed by atoms with E-state index in [0.717, 1.165) is 19.3 Å². The first-order valence-corrected chi connectivity index (χ1v) is 6.40. The highest BCUT2D eigenvalue weighted by Gasteiger charge is 2.32. The second kappa shape index (κ2) is 3.50. The van der Waals surface area contributed by atoms with Gasteiger partial charge in [0.15, 0.2) is 0 Å². The van der Waals surface area contributed by atoms with Gasteiger partial charge in [-0.15, -0.1) is 11.6 Å². The van der Waals surface area contributed by atoms with Crippen LogP contribution < -0.4 is 0 Å². The van der Waals surface area contributed by atoms with Gasteiger partial charge in [-0.05, 0) is 12.8 Å². The van der Waals surface area contributed by atoms with Gasteiger partial charge in [0.1, 0.15) is 0 Å². The monoisotopic (exact) mass is 216 g/mol. The Morgan fingerprint density at radius 2 is 1.73 bits per heavy atom. The molecule has 1 saturated carbocycles. The van der Waals surface area contributed by atoms with Crippen molar-refractivity contribution in [1.82, 2.24) is 0 Å². The highest BCUT2D eigenvalue weighted by molar-refractivity contribution is 8.14. The maximum absolute atomic E-state index is 10.9. The molecule has 0 aromatic rings. The molecule has 11 heavy (non-hydrogen) atoms. The largest absolute Gasteiger partial charge is 0.236 e. The van der Waals surface area contributed by atoms with E-state index in [9.17, 15) is 8.42 Å². The molecule has 0 unspecified atom stereocenters. The molecule has 1 aliphatic rings. The van der Waals surface area contributed by atoms with Crippen molar-refractivity contribution in [2.75, 3.05) is 0 Å². The summed E-state index contributed by atoms with van der Waals surface area (Å²) in [4.78, 5) is 0. The van der Waals surface area contributed by atoms with Crippen LogP contribution in [0.5, 0.6) is 0 Å². The predicted octanol–water partition coefficient (Wildman–Crippen LogP) is 2.10. The Kier molecular flexibility index (Phi) is 3.06. The van der Waals surface area contributed by atoms with Crippen LogP contribution in [0.3, 0.4) is 0 Å². The number of halogens is 2. The smallest absolute Gasteiger partial charge is 0.212 e. The predicted molar refractivity (Wildman–Crippen MR) is 46.7 cm³/mol. The van der Waals surface area contributed by atoms with Gasteiger partial charge in [-0.25, -0.2) is 8.42 Å². The normalized spacial score (nSPS) is 33.6. The molecule has 66 valence electrons. The van der Waals surface area contributed by atoms with Crippen molar-refractivity contribution in [3.63, 3.8) is 0 Å². The van der Waals surface area contributed by atoms with Crippen LogP contribution in [0.1, 0.15) is 25.7 Å². The quantitative estimate of drug-likeness (QED) is 0.498. The SMILES string of the molecule is O=S(=O)(Cl)[C@H]1CCCC[C@H]1Cl. The van der Waals surface area contributed by atoms with Gasteiger partial charge >= 0.3 is 0 Å². The highest BCUT2D eigenvalue weighted by atomic mass is 35.7. The lowest BCUT2D eigenvalue weighted by Crippen LogP contribution is -2.30. The highest BCUT2D eigenvalue weighted by Crippen LogP contribution is 2.29.